The molecule has 2 nitrogen and oxygen atoms in total. The van der Waals surface area contributed by atoms with Crippen LogP contribution in [0.25, 0.3) is 64.7 Å². The molecule has 0 radical (unpaired) electrons. The van der Waals surface area contributed by atoms with E-state index in [4.69, 9.17) is 0 Å². The first kappa shape index (κ1) is 17.9. The fourth-order valence-electron chi connectivity index (χ4n) is 6.00. The third-order valence-corrected chi connectivity index (χ3v) is 8.70. The molecule has 0 aliphatic heterocycles. The second-order valence-corrected chi connectivity index (χ2v) is 10.3. The molecule has 2 aliphatic carbocycles. The molecule has 3 heterocycles. The number of para-hydroxylation sites is 1. The van der Waals surface area contributed by atoms with Gasteiger partial charge in [-0.2, -0.15) is 0 Å². The minimum atomic E-state index is 1.08. The SMILES string of the molecule is C1=CCCC(n2c3ccccc3c3c4sc5c(ccc6[nH]c7c(c65)C=CCC7)c4ccc32)=C1. The van der Waals surface area contributed by atoms with Crippen LogP contribution in [0.2, 0.25) is 0 Å². The molecule has 0 amide bonds. The highest BCUT2D eigenvalue weighted by atomic mass is 32.1. The summed E-state index contributed by atoms with van der Waals surface area (Å²) in [6.07, 6.45) is 15.8. The van der Waals surface area contributed by atoms with Crippen molar-refractivity contribution in [2.75, 3.05) is 0 Å². The zero-order valence-corrected chi connectivity index (χ0v) is 19.0. The summed E-state index contributed by atoms with van der Waals surface area (Å²) in [4.78, 5) is 3.70. The van der Waals surface area contributed by atoms with E-state index in [0.29, 0.717) is 0 Å². The number of hydrogen-bond donors (Lipinski definition) is 1. The van der Waals surface area contributed by atoms with Crippen LogP contribution >= 0.6 is 11.3 Å². The highest BCUT2D eigenvalue weighted by Crippen LogP contribution is 2.46. The maximum Gasteiger partial charge on any atom is 0.0552 e. The van der Waals surface area contributed by atoms with Crippen LogP contribution < -0.4 is 0 Å². The van der Waals surface area contributed by atoms with Gasteiger partial charge in [0.05, 0.1) is 11.0 Å². The summed E-state index contributed by atoms with van der Waals surface area (Å²) in [5, 5.41) is 6.90. The first-order valence-corrected chi connectivity index (χ1v) is 12.6. The number of nitrogens with zero attached hydrogens (tertiary/aromatic N) is 1. The van der Waals surface area contributed by atoms with Gasteiger partial charge in [-0.3, -0.25) is 0 Å². The normalized spacial score (nSPS) is 15.9. The monoisotopic (exact) mass is 442 g/mol. The molecule has 158 valence electrons. The van der Waals surface area contributed by atoms with Gasteiger partial charge in [0.1, 0.15) is 0 Å². The lowest BCUT2D eigenvalue weighted by Crippen LogP contribution is -1.98. The molecule has 0 bridgehead atoms. The van der Waals surface area contributed by atoms with E-state index in [0.717, 1.165) is 25.7 Å². The van der Waals surface area contributed by atoms with Gasteiger partial charge < -0.3 is 9.55 Å². The van der Waals surface area contributed by atoms with E-state index in [1.165, 1.54) is 69.8 Å². The minimum Gasteiger partial charge on any atom is -0.358 e. The molecule has 0 unspecified atom stereocenters. The topological polar surface area (TPSA) is 20.7 Å². The predicted molar refractivity (Wildman–Crippen MR) is 144 cm³/mol. The number of nitrogens with one attached hydrogen (secondary N) is 1. The van der Waals surface area contributed by atoms with Crippen molar-refractivity contribution < 1.29 is 0 Å². The first-order chi connectivity index (χ1) is 16.4. The van der Waals surface area contributed by atoms with E-state index in [2.05, 4.69) is 88.5 Å². The lowest BCUT2D eigenvalue weighted by atomic mass is 10.0. The number of thiophene rings is 1. The standard InChI is InChI=1S/C30H22N2S/c1-2-8-18(9-3-1)32-25-13-7-5-11-22(25)28-26(32)17-15-20-19-14-16-24-27(29(19)33-30(20)28)21-10-4-6-12-23(21)31-24/h1-2,4-5,7-8,10-11,13-17,31H,3,6,9,12H2. The summed E-state index contributed by atoms with van der Waals surface area (Å²) < 4.78 is 5.32. The summed E-state index contributed by atoms with van der Waals surface area (Å²) >= 11 is 1.97. The Morgan fingerprint density at radius 1 is 0.758 bits per heavy atom. The Bertz CT molecular complexity index is 1870. The number of rotatable bonds is 1. The lowest BCUT2D eigenvalue weighted by Gasteiger charge is -2.13. The van der Waals surface area contributed by atoms with Crippen molar-refractivity contribution in [1.29, 1.82) is 0 Å². The highest BCUT2D eigenvalue weighted by Gasteiger charge is 2.21. The van der Waals surface area contributed by atoms with Gasteiger partial charge in [0.25, 0.3) is 0 Å². The molecule has 0 atom stereocenters. The average molecular weight is 443 g/mol. The van der Waals surface area contributed by atoms with Crippen LogP contribution in [-0.4, -0.2) is 9.55 Å². The summed E-state index contributed by atoms with van der Waals surface area (Å²) in [5.74, 6) is 0. The van der Waals surface area contributed by atoms with E-state index in [9.17, 15) is 0 Å². The molecule has 33 heavy (non-hydrogen) atoms. The van der Waals surface area contributed by atoms with Gasteiger partial charge in [0, 0.05) is 58.8 Å². The van der Waals surface area contributed by atoms with Gasteiger partial charge >= 0.3 is 0 Å². The van der Waals surface area contributed by atoms with E-state index >= 15 is 0 Å². The van der Waals surface area contributed by atoms with Crippen LogP contribution in [0.5, 0.6) is 0 Å². The smallest absolute Gasteiger partial charge is 0.0552 e. The number of H-pyrrole nitrogens is 1. The largest absolute Gasteiger partial charge is 0.358 e. The van der Waals surface area contributed by atoms with Crippen LogP contribution in [0.1, 0.15) is 30.5 Å². The zero-order chi connectivity index (χ0) is 21.5. The fraction of sp³-hybridized carbons (Fsp3) is 0.133. The molecule has 1 N–H and O–H groups in total. The molecule has 3 aromatic carbocycles. The number of aromatic nitrogens is 2. The molecule has 3 aromatic heterocycles. The maximum absolute atomic E-state index is 3.70. The third kappa shape index (κ3) is 2.33. The Kier molecular flexibility index (Phi) is 3.53. The number of benzene rings is 3. The Morgan fingerprint density at radius 3 is 2.52 bits per heavy atom. The van der Waals surface area contributed by atoms with E-state index in [1.807, 2.05) is 11.3 Å². The number of aryl methyl sites for hydroxylation is 1. The Hall–Kier alpha value is -3.56. The van der Waals surface area contributed by atoms with E-state index in [1.54, 1.807) is 0 Å². The van der Waals surface area contributed by atoms with Crippen LogP contribution in [0.3, 0.4) is 0 Å². The van der Waals surface area contributed by atoms with Gasteiger partial charge in [-0.1, -0.05) is 54.6 Å². The van der Waals surface area contributed by atoms with Crippen molar-refractivity contribution in [3.8, 4) is 0 Å². The predicted octanol–water partition coefficient (Wildman–Crippen LogP) is 8.79. The van der Waals surface area contributed by atoms with Gasteiger partial charge in [-0.05, 0) is 50.0 Å². The van der Waals surface area contributed by atoms with Gasteiger partial charge in [0.2, 0.25) is 0 Å². The third-order valence-electron chi connectivity index (χ3n) is 7.45. The van der Waals surface area contributed by atoms with Crippen molar-refractivity contribution in [3.63, 3.8) is 0 Å². The summed E-state index contributed by atoms with van der Waals surface area (Å²) in [6, 6.07) is 18.2. The number of hydrogen-bond acceptors (Lipinski definition) is 1. The van der Waals surface area contributed by atoms with E-state index < -0.39 is 0 Å². The van der Waals surface area contributed by atoms with Crippen molar-refractivity contribution in [2.24, 2.45) is 0 Å². The molecule has 0 fully saturated rings. The van der Waals surface area contributed by atoms with E-state index in [-0.39, 0.29) is 0 Å². The maximum atomic E-state index is 3.70. The fourth-order valence-corrected chi connectivity index (χ4v) is 7.42. The second kappa shape index (κ2) is 6.49. The van der Waals surface area contributed by atoms with Gasteiger partial charge in [-0.15, -0.1) is 11.3 Å². The van der Waals surface area contributed by atoms with Crippen molar-refractivity contribution in [1.82, 2.24) is 9.55 Å². The van der Waals surface area contributed by atoms with Crippen LogP contribution in [0, 0.1) is 0 Å². The molecule has 0 saturated carbocycles. The molecular formula is C30H22N2S. The molecular weight excluding hydrogens is 420 g/mol. The number of aromatic amines is 1. The summed E-state index contributed by atoms with van der Waals surface area (Å²) in [7, 11) is 0. The molecule has 3 heteroatoms. The molecule has 6 aromatic rings. The number of fused-ring (bicyclic) bond motifs is 11. The zero-order valence-electron chi connectivity index (χ0n) is 18.2. The van der Waals surface area contributed by atoms with Crippen LogP contribution in [0.4, 0.5) is 0 Å². The second-order valence-electron chi connectivity index (χ2n) is 9.24. The highest BCUT2D eigenvalue weighted by molar-refractivity contribution is 7.27. The van der Waals surface area contributed by atoms with Crippen molar-refractivity contribution >= 4 is 76.0 Å². The van der Waals surface area contributed by atoms with Gasteiger partial charge in [-0.25, -0.2) is 0 Å². The molecule has 0 spiro atoms. The lowest BCUT2D eigenvalue weighted by molar-refractivity contribution is 0.951. The number of allylic oxidation sites excluding steroid dienone is 5. The minimum absolute atomic E-state index is 1.08. The molecule has 2 aliphatic rings. The Labute approximate surface area is 195 Å². The Morgan fingerprint density at radius 2 is 1.61 bits per heavy atom. The van der Waals surface area contributed by atoms with Crippen molar-refractivity contribution in [3.05, 3.63) is 84.1 Å². The average Bonchev–Trinajstić information content (AvgIpc) is 3.53. The first-order valence-electron chi connectivity index (χ1n) is 11.8. The van der Waals surface area contributed by atoms with Crippen LogP contribution in [0.15, 0.2) is 72.8 Å². The van der Waals surface area contributed by atoms with Crippen LogP contribution in [-0.2, 0) is 6.42 Å². The van der Waals surface area contributed by atoms with Gasteiger partial charge in [0.15, 0.2) is 0 Å². The quantitative estimate of drug-likeness (QED) is 0.263. The summed E-state index contributed by atoms with van der Waals surface area (Å²) in [5.41, 5.74) is 8.07. The molecule has 0 saturated heterocycles. The summed E-state index contributed by atoms with van der Waals surface area (Å²) in [6.45, 7) is 0. The van der Waals surface area contributed by atoms with Crippen molar-refractivity contribution in [2.45, 2.75) is 25.7 Å². The Balaban J connectivity index is 1.56. The molecule has 8 rings (SSSR count).